The number of carbonyl (C=O) groups excluding carboxylic acids is 1. The van der Waals surface area contributed by atoms with Crippen LogP contribution in [0.1, 0.15) is 32.1 Å². The van der Waals surface area contributed by atoms with Gasteiger partial charge in [0.1, 0.15) is 5.76 Å². The fraction of sp³-hybridized carbons (Fsp3) is 0.118. The molecule has 0 unspecified atom stereocenters. The Morgan fingerprint density at radius 2 is 2.13 bits per heavy atom. The van der Waals surface area contributed by atoms with Crippen molar-refractivity contribution in [2.75, 3.05) is 5.32 Å². The summed E-state index contributed by atoms with van der Waals surface area (Å²) in [5.41, 5.74) is 2.24. The number of hydrogen-bond donors (Lipinski definition) is 1. The zero-order chi connectivity index (χ0) is 16.2. The molecular formula is C17H13N3O2S. The van der Waals surface area contributed by atoms with E-state index in [1.165, 1.54) is 17.6 Å². The summed E-state index contributed by atoms with van der Waals surface area (Å²) in [6.45, 7) is 1.74. The first-order valence-electron chi connectivity index (χ1n) is 6.95. The Bertz CT molecular complexity index is 872. The highest BCUT2D eigenvalue weighted by molar-refractivity contribution is 7.15. The van der Waals surface area contributed by atoms with Gasteiger partial charge in [0, 0.05) is 17.5 Å². The predicted molar refractivity (Wildman–Crippen MR) is 87.5 cm³/mol. The van der Waals surface area contributed by atoms with Crippen molar-refractivity contribution in [1.82, 2.24) is 4.98 Å². The molecule has 1 N–H and O–H groups in total. The van der Waals surface area contributed by atoms with E-state index in [9.17, 15) is 4.79 Å². The van der Waals surface area contributed by atoms with Crippen LogP contribution < -0.4 is 5.32 Å². The number of anilines is 1. The minimum absolute atomic E-state index is 0.226. The molecule has 2 aromatic heterocycles. The number of nitrogens with zero attached hydrogens (tertiary/aromatic N) is 2. The number of furan rings is 1. The number of rotatable bonds is 4. The van der Waals surface area contributed by atoms with E-state index in [4.69, 9.17) is 9.68 Å². The molecule has 3 aromatic rings. The van der Waals surface area contributed by atoms with E-state index in [-0.39, 0.29) is 5.91 Å². The minimum atomic E-state index is -0.226. The molecule has 0 spiro atoms. The molecule has 1 aromatic carbocycles. The van der Waals surface area contributed by atoms with Crippen LogP contribution in [-0.4, -0.2) is 10.9 Å². The lowest BCUT2D eigenvalue weighted by atomic mass is 10.1. The van der Waals surface area contributed by atoms with Gasteiger partial charge in [-0.1, -0.05) is 12.1 Å². The second-order valence-electron chi connectivity index (χ2n) is 4.96. The summed E-state index contributed by atoms with van der Waals surface area (Å²) in [6, 6.07) is 11.2. The van der Waals surface area contributed by atoms with Crippen LogP contribution in [0.15, 0.2) is 47.2 Å². The van der Waals surface area contributed by atoms with E-state index in [1.807, 2.05) is 12.1 Å². The highest BCUT2D eigenvalue weighted by Crippen LogP contribution is 2.22. The topological polar surface area (TPSA) is 78.9 Å². The van der Waals surface area contributed by atoms with Gasteiger partial charge in [0.2, 0.25) is 0 Å². The Morgan fingerprint density at radius 1 is 1.35 bits per heavy atom. The number of aryl methyl sites for hydroxylation is 1. The lowest BCUT2D eigenvalue weighted by molar-refractivity contribution is 0.102. The first-order chi connectivity index (χ1) is 11.2. The van der Waals surface area contributed by atoms with Gasteiger partial charge < -0.3 is 4.42 Å². The van der Waals surface area contributed by atoms with Crippen molar-refractivity contribution >= 4 is 22.4 Å². The van der Waals surface area contributed by atoms with Crippen LogP contribution in [0, 0.1) is 18.3 Å². The molecule has 0 fully saturated rings. The molecule has 0 radical (unpaired) electrons. The van der Waals surface area contributed by atoms with E-state index >= 15 is 0 Å². The molecule has 0 atom stereocenters. The van der Waals surface area contributed by atoms with Crippen LogP contribution in [0.5, 0.6) is 0 Å². The van der Waals surface area contributed by atoms with Crippen LogP contribution in [-0.2, 0) is 6.42 Å². The third-order valence-electron chi connectivity index (χ3n) is 3.34. The van der Waals surface area contributed by atoms with Crippen LogP contribution in [0.25, 0.3) is 0 Å². The first-order valence-corrected chi connectivity index (χ1v) is 7.76. The highest BCUT2D eigenvalue weighted by Gasteiger charge is 2.13. The second kappa shape index (κ2) is 6.46. The number of hydrogen-bond acceptors (Lipinski definition) is 5. The van der Waals surface area contributed by atoms with E-state index in [1.54, 1.807) is 31.3 Å². The number of aromatic nitrogens is 1. The number of benzene rings is 1. The second-order valence-corrected chi connectivity index (χ2v) is 6.08. The van der Waals surface area contributed by atoms with Crippen molar-refractivity contribution in [2.45, 2.75) is 13.3 Å². The van der Waals surface area contributed by atoms with Crippen molar-refractivity contribution in [3.05, 3.63) is 70.1 Å². The van der Waals surface area contributed by atoms with Crippen molar-refractivity contribution < 1.29 is 9.21 Å². The standard InChI is InChI=1S/C17H13N3O2S/c1-11-15(6-7-22-11)16(21)20-17-19-10-14(23-17)8-12-2-4-13(9-18)5-3-12/h2-7,10H,8H2,1H3,(H,19,20,21). The third-order valence-corrected chi connectivity index (χ3v) is 4.25. The average molecular weight is 323 g/mol. The average Bonchev–Trinajstić information content (AvgIpc) is 3.17. The zero-order valence-electron chi connectivity index (χ0n) is 12.4. The Kier molecular flexibility index (Phi) is 4.22. The molecule has 6 heteroatoms. The smallest absolute Gasteiger partial charge is 0.260 e. The number of carbonyl (C=O) groups is 1. The quantitative estimate of drug-likeness (QED) is 0.793. The van der Waals surface area contributed by atoms with Crippen molar-refractivity contribution in [1.29, 1.82) is 5.26 Å². The Hall–Kier alpha value is -2.91. The number of thiazole rings is 1. The fourth-order valence-corrected chi connectivity index (χ4v) is 2.97. The zero-order valence-corrected chi connectivity index (χ0v) is 13.2. The van der Waals surface area contributed by atoms with Crippen LogP contribution in [0.2, 0.25) is 0 Å². The van der Waals surface area contributed by atoms with Gasteiger partial charge in [-0.2, -0.15) is 5.26 Å². The molecule has 1 amide bonds. The predicted octanol–water partition coefficient (Wildman–Crippen LogP) is 3.76. The SMILES string of the molecule is Cc1occc1C(=O)Nc1ncc(Cc2ccc(C#N)cc2)s1. The highest BCUT2D eigenvalue weighted by atomic mass is 32.1. The monoisotopic (exact) mass is 323 g/mol. The number of amides is 1. The summed E-state index contributed by atoms with van der Waals surface area (Å²) >= 11 is 1.43. The largest absolute Gasteiger partial charge is 0.469 e. The van der Waals surface area contributed by atoms with Crippen molar-refractivity contribution in [3.63, 3.8) is 0 Å². The maximum atomic E-state index is 12.1. The molecule has 0 aliphatic heterocycles. The van der Waals surface area contributed by atoms with Crippen LogP contribution in [0.3, 0.4) is 0 Å². The molecule has 0 saturated carbocycles. The third kappa shape index (κ3) is 3.47. The summed E-state index contributed by atoms with van der Waals surface area (Å²) < 4.78 is 5.13. The lowest BCUT2D eigenvalue weighted by Gasteiger charge is -2.00. The molecule has 0 bridgehead atoms. The van der Waals surface area contributed by atoms with Gasteiger partial charge in [-0.05, 0) is 30.7 Å². The van der Waals surface area contributed by atoms with Gasteiger partial charge in [-0.3, -0.25) is 10.1 Å². The van der Waals surface area contributed by atoms with Crippen molar-refractivity contribution in [3.8, 4) is 6.07 Å². The van der Waals surface area contributed by atoms with Gasteiger partial charge in [-0.25, -0.2) is 4.98 Å². The van der Waals surface area contributed by atoms with Gasteiger partial charge in [0.15, 0.2) is 5.13 Å². The van der Waals surface area contributed by atoms with Crippen molar-refractivity contribution in [2.24, 2.45) is 0 Å². The molecule has 2 heterocycles. The molecule has 23 heavy (non-hydrogen) atoms. The van der Waals surface area contributed by atoms with Gasteiger partial charge in [0.25, 0.3) is 5.91 Å². The number of nitriles is 1. The van der Waals surface area contributed by atoms with Crippen LogP contribution in [0.4, 0.5) is 5.13 Å². The normalized spacial score (nSPS) is 10.3. The van der Waals surface area contributed by atoms with E-state index < -0.39 is 0 Å². The lowest BCUT2D eigenvalue weighted by Crippen LogP contribution is -2.11. The van der Waals surface area contributed by atoms with Crippen LogP contribution >= 0.6 is 11.3 Å². The maximum absolute atomic E-state index is 12.1. The van der Waals surface area contributed by atoms with E-state index in [0.717, 1.165) is 10.4 Å². The van der Waals surface area contributed by atoms with E-state index in [2.05, 4.69) is 16.4 Å². The molecule has 0 saturated heterocycles. The molecule has 3 rings (SSSR count). The maximum Gasteiger partial charge on any atom is 0.260 e. The Morgan fingerprint density at radius 3 is 2.78 bits per heavy atom. The summed E-state index contributed by atoms with van der Waals surface area (Å²) in [7, 11) is 0. The Balaban J connectivity index is 1.67. The Labute approximate surface area is 137 Å². The van der Waals surface area contributed by atoms with Gasteiger partial charge >= 0.3 is 0 Å². The minimum Gasteiger partial charge on any atom is -0.469 e. The summed E-state index contributed by atoms with van der Waals surface area (Å²) in [5, 5.41) is 12.1. The summed E-state index contributed by atoms with van der Waals surface area (Å²) in [4.78, 5) is 17.4. The molecule has 0 aliphatic carbocycles. The summed E-state index contributed by atoms with van der Waals surface area (Å²) in [6.07, 6.45) is 3.95. The number of nitrogens with one attached hydrogen (secondary N) is 1. The molecule has 0 aliphatic rings. The fourth-order valence-electron chi connectivity index (χ4n) is 2.13. The molecule has 114 valence electrons. The molecular weight excluding hydrogens is 310 g/mol. The van der Waals surface area contributed by atoms with E-state index in [0.29, 0.717) is 28.4 Å². The van der Waals surface area contributed by atoms with Gasteiger partial charge in [-0.15, -0.1) is 11.3 Å². The molecule has 5 nitrogen and oxygen atoms in total. The first kappa shape index (κ1) is 15.0. The summed E-state index contributed by atoms with van der Waals surface area (Å²) in [5.74, 6) is 0.354. The van der Waals surface area contributed by atoms with Gasteiger partial charge in [0.05, 0.1) is 23.5 Å².